The number of aliphatic hydroxyl groups is 1. The van der Waals surface area contributed by atoms with E-state index in [-0.39, 0.29) is 24.5 Å². The van der Waals surface area contributed by atoms with Gasteiger partial charge < -0.3 is 5.11 Å². The van der Waals surface area contributed by atoms with E-state index in [9.17, 15) is 18.3 Å². The summed E-state index contributed by atoms with van der Waals surface area (Å²) < 4.78 is 42.9. The van der Waals surface area contributed by atoms with E-state index in [1.165, 1.54) is 35.5 Å². The molecule has 3 aromatic rings. The van der Waals surface area contributed by atoms with E-state index in [1.807, 2.05) is 0 Å². The van der Waals surface area contributed by atoms with Crippen molar-refractivity contribution in [2.45, 2.75) is 18.7 Å². The zero-order valence-electron chi connectivity index (χ0n) is 15.7. The first-order valence-electron chi connectivity index (χ1n) is 8.97. The van der Waals surface area contributed by atoms with Crippen LogP contribution in [0.1, 0.15) is 11.1 Å². The minimum Gasteiger partial charge on any atom is -0.382 e. The van der Waals surface area contributed by atoms with Crippen LogP contribution in [0.15, 0.2) is 67.8 Å². The van der Waals surface area contributed by atoms with Gasteiger partial charge in [0.2, 0.25) is 0 Å². The second-order valence-electron chi connectivity index (χ2n) is 6.84. The third-order valence-corrected chi connectivity index (χ3v) is 4.49. The molecular weight excluding hydrogens is 381 g/mol. The van der Waals surface area contributed by atoms with Crippen molar-refractivity contribution in [2.24, 2.45) is 0 Å². The number of aromatic nitrogens is 3. The minimum atomic E-state index is -1.75. The quantitative estimate of drug-likeness (QED) is 0.558. The Bertz CT molecular complexity index is 964. The van der Waals surface area contributed by atoms with Gasteiger partial charge in [0, 0.05) is 31.3 Å². The minimum absolute atomic E-state index is 0.0298. The molecule has 0 radical (unpaired) electrons. The highest BCUT2D eigenvalue weighted by molar-refractivity contribution is 5.26. The molecule has 0 spiro atoms. The zero-order chi connectivity index (χ0) is 20.9. The van der Waals surface area contributed by atoms with Crippen molar-refractivity contribution >= 4 is 0 Å². The highest BCUT2D eigenvalue weighted by atomic mass is 19.1. The topological polar surface area (TPSA) is 54.2 Å². The smallest absolute Gasteiger partial charge is 0.137 e. The van der Waals surface area contributed by atoms with Gasteiger partial charge in [-0.25, -0.2) is 22.8 Å². The molecule has 0 fully saturated rings. The standard InChI is InChI=1S/C21H21F3N4O/c1-2-8-27(11-16-4-3-5-17(22)9-16)12-21(29,13-28-15-25-14-26-28)19-7-6-18(23)10-20(19)24/h2-7,9-10,14-15,29H,1,8,11-13H2/t21-/m1/s1. The molecule has 8 heteroatoms. The van der Waals surface area contributed by atoms with Crippen molar-refractivity contribution in [3.05, 3.63) is 96.4 Å². The van der Waals surface area contributed by atoms with Crippen molar-refractivity contribution in [2.75, 3.05) is 13.1 Å². The maximum atomic E-state index is 14.6. The molecule has 0 saturated heterocycles. The Labute approximate surface area is 166 Å². The van der Waals surface area contributed by atoms with Gasteiger partial charge in [0.05, 0.1) is 6.54 Å². The summed E-state index contributed by atoms with van der Waals surface area (Å²) in [5.74, 6) is -1.97. The van der Waals surface area contributed by atoms with E-state index in [4.69, 9.17) is 0 Å². The van der Waals surface area contributed by atoms with Crippen LogP contribution in [-0.2, 0) is 18.7 Å². The van der Waals surface area contributed by atoms with Crippen molar-refractivity contribution in [3.8, 4) is 0 Å². The number of rotatable bonds is 9. The average molecular weight is 402 g/mol. The second-order valence-corrected chi connectivity index (χ2v) is 6.84. The van der Waals surface area contributed by atoms with Crippen LogP contribution in [0.5, 0.6) is 0 Å². The Morgan fingerprint density at radius 1 is 1.14 bits per heavy atom. The average Bonchev–Trinajstić information content (AvgIpc) is 3.14. The maximum absolute atomic E-state index is 14.6. The SMILES string of the molecule is C=CCN(Cc1cccc(F)c1)C[C@@](O)(Cn1cncn1)c1ccc(F)cc1F. The largest absolute Gasteiger partial charge is 0.382 e. The third-order valence-electron chi connectivity index (χ3n) is 4.49. The molecule has 0 aliphatic rings. The first-order chi connectivity index (χ1) is 13.9. The lowest BCUT2D eigenvalue weighted by molar-refractivity contribution is -0.0210. The predicted molar refractivity (Wildman–Crippen MR) is 102 cm³/mol. The fourth-order valence-corrected chi connectivity index (χ4v) is 3.30. The lowest BCUT2D eigenvalue weighted by Crippen LogP contribution is -2.44. The van der Waals surface area contributed by atoms with Crippen LogP contribution in [0, 0.1) is 17.5 Å². The summed E-state index contributed by atoms with van der Waals surface area (Å²) in [6.07, 6.45) is 4.34. The fraction of sp³-hybridized carbons (Fsp3) is 0.238. The molecule has 0 aliphatic carbocycles. The van der Waals surface area contributed by atoms with E-state index < -0.39 is 17.2 Å². The van der Waals surface area contributed by atoms with Crippen LogP contribution in [0.25, 0.3) is 0 Å². The molecule has 5 nitrogen and oxygen atoms in total. The van der Waals surface area contributed by atoms with Crippen molar-refractivity contribution in [1.29, 1.82) is 0 Å². The van der Waals surface area contributed by atoms with Crippen molar-refractivity contribution < 1.29 is 18.3 Å². The van der Waals surface area contributed by atoms with E-state index in [0.717, 1.165) is 12.1 Å². The van der Waals surface area contributed by atoms with Gasteiger partial charge in [-0.3, -0.25) is 4.90 Å². The van der Waals surface area contributed by atoms with Gasteiger partial charge in [-0.05, 0) is 23.8 Å². The molecule has 152 valence electrons. The molecule has 0 amide bonds. The van der Waals surface area contributed by atoms with Crippen molar-refractivity contribution in [1.82, 2.24) is 19.7 Å². The van der Waals surface area contributed by atoms with Crippen LogP contribution in [0.2, 0.25) is 0 Å². The first-order valence-corrected chi connectivity index (χ1v) is 8.97. The summed E-state index contributed by atoms with van der Waals surface area (Å²) in [7, 11) is 0. The van der Waals surface area contributed by atoms with E-state index in [0.29, 0.717) is 18.7 Å². The molecule has 0 bridgehead atoms. The lowest BCUT2D eigenvalue weighted by Gasteiger charge is -2.34. The summed E-state index contributed by atoms with van der Waals surface area (Å²) >= 11 is 0. The second kappa shape index (κ2) is 9.02. The van der Waals surface area contributed by atoms with Gasteiger partial charge in [0.25, 0.3) is 0 Å². The highest BCUT2D eigenvalue weighted by Crippen LogP contribution is 2.28. The lowest BCUT2D eigenvalue weighted by atomic mass is 9.92. The molecular formula is C21H21F3N4O. The van der Waals surface area contributed by atoms with E-state index >= 15 is 0 Å². The maximum Gasteiger partial charge on any atom is 0.137 e. The Morgan fingerprint density at radius 2 is 1.93 bits per heavy atom. The van der Waals surface area contributed by atoms with Gasteiger partial charge in [0.15, 0.2) is 0 Å². The molecule has 0 aliphatic heterocycles. The van der Waals surface area contributed by atoms with Gasteiger partial charge in [-0.1, -0.05) is 24.3 Å². The van der Waals surface area contributed by atoms with Crippen LogP contribution >= 0.6 is 0 Å². The normalized spacial score (nSPS) is 13.4. The van der Waals surface area contributed by atoms with Gasteiger partial charge in [-0.15, -0.1) is 6.58 Å². The van der Waals surface area contributed by atoms with Gasteiger partial charge >= 0.3 is 0 Å². The Morgan fingerprint density at radius 3 is 2.59 bits per heavy atom. The molecule has 1 N–H and O–H groups in total. The Balaban J connectivity index is 1.93. The molecule has 1 heterocycles. The number of hydrogen-bond acceptors (Lipinski definition) is 4. The molecule has 29 heavy (non-hydrogen) atoms. The Kier molecular flexibility index (Phi) is 6.46. The van der Waals surface area contributed by atoms with Crippen LogP contribution in [0.4, 0.5) is 13.2 Å². The molecule has 0 unspecified atom stereocenters. The highest BCUT2D eigenvalue weighted by Gasteiger charge is 2.35. The number of halogens is 3. The zero-order valence-corrected chi connectivity index (χ0v) is 15.7. The number of hydrogen-bond donors (Lipinski definition) is 1. The number of benzene rings is 2. The fourth-order valence-electron chi connectivity index (χ4n) is 3.30. The summed E-state index contributed by atoms with van der Waals surface area (Å²) in [6, 6.07) is 9.13. The van der Waals surface area contributed by atoms with Gasteiger partial charge in [-0.2, -0.15) is 5.10 Å². The van der Waals surface area contributed by atoms with Crippen molar-refractivity contribution in [3.63, 3.8) is 0 Å². The summed E-state index contributed by atoms with van der Waals surface area (Å²) in [5, 5.41) is 15.4. The predicted octanol–water partition coefficient (Wildman–Crippen LogP) is 3.27. The molecule has 2 aromatic carbocycles. The molecule has 0 saturated carbocycles. The molecule has 3 rings (SSSR count). The summed E-state index contributed by atoms with van der Waals surface area (Å²) in [6.45, 7) is 4.24. The van der Waals surface area contributed by atoms with E-state index in [2.05, 4.69) is 16.7 Å². The van der Waals surface area contributed by atoms with Crippen LogP contribution < -0.4 is 0 Å². The van der Waals surface area contributed by atoms with E-state index in [1.54, 1.807) is 23.1 Å². The van der Waals surface area contributed by atoms with Crippen LogP contribution in [0.3, 0.4) is 0 Å². The molecule has 1 atom stereocenters. The summed E-state index contributed by atoms with van der Waals surface area (Å²) in [5.41, 5.74) is -1.13. The Hall–Kier alpha value is -2.97. The van der Waals surface area contributed by atoms with Crippen LogP contribution in [-0.4, -0.2) is 37.9 Å². The number of nitrogens with zero attached hydrogens (tertiary/aromatic N) is 4. The monoisotopic (exact) mass is 402 g/mol. The third kappa shape index (κ3) is 5.30. The molecule has 1 aromatic heterocycles. The summed E-state index contributed by atoms with van der Waals surface area (Å²) in [4.78, 5) is 5.64. The first kappa shape index (κ1) is 20.8. The van der Waals surface area contributed by atoms with Gasteiger partial charge in [0.1, 0.15) is 35.7 Å².